The Hall–Kier alpha value is -3.42. The van der Waals surface area contributed by atoms with E-state index in [0.717, 1.165) is 28.9 Å². The molecule has 0 saturated heterocycles. The Bertz CT molecular complexity index is 967. The van der Waals surface area contributed by atoms with Crippen molar-refractivity contribution in [2.45, 2.75) is 12.8 Å². The smallest absolute Gasteiger partial charge is 0.269 e. The highest BCUT2D eigenvalue weighted by Gasteiger charge is 2.29. The number of rotatable bonds is 3. The first-order chi connectivity index (χ1) is 11.6. The van der Waals surface area contributed by atoms with Crippen LogP contribution in [-0.4, -0.2) is 31.8 Å². The lowest BCUT2D eigenvalue weighted by molar-refractivity contribution is 0.0988. The first kappa shape index (κ1) is 14.2. The minimum Gasteiger partial charge on any atom is -0.366 e. The second-order valence-corrected chi connectivity index (χ2v) is 5.63. The third kappa shape index (κ3) is 2.00. The van der Waals surface area contributed by atoms with Crippen molar-refractivity contribution in [2.75, 3.05) is 0 Å². The van der Waals surface area contributed by atoms with Gasteiger partial charge in [0.2, 0.25) is 5.91 Å². The van der Waals surface area contributed by atoms with Gasteiger partial charge in [0, 0.05) is 22.4 Å². The second-order valence-electron chi connectivity index (χ2n) is 5.63. The first-order valence-electron chi connectivity index (χ1n) is 7.41. The molecule has 8 nitrogen and oxygen atoms in total. The van der Waals surface area contributed by atoms with Crippen molar-refractivity contribution in [1.29, 1.82) is 0 Å². The van der Waals surface area contributed by atoms with Crippen molar-refractivity contribution in [3.05, 3.63) is 53.0 Å². The Kier molecular flexibility index (Phi) is 2.99. The molecule has 2 amide bonds. The molecule has 0 atom stereocenters. The Morgan fingerprint density at radius 2 is 1.83 bits per heavy atom. The Morgan fingerprint density at radius 3 is 2.50 bits per heavy atom. The van der Waals surface area contributed by atoms with Crippen LogP contribution >= 0.6 is 0 Å². The van der Waals surface area contributed by atoms with Crippen molar-refractivity contribution in [2.24, 2.45) is 11.5 Å². The van der Waals surface area contributed by atoms with Gasteiger partial charge in [0.25, 0.3) is 5.91 Å². The predicted molar refractivity (Wildman–Crippen MR) is 85.6 cm³/mol. The lowest BCUT2D eigenvalue weighted by atomic mass is 9.93. The summed E-state index contributed by atoms with van der Waals surface area (Å²) in [6.07, 6.45) is 3.12. The molecule has 0 unspecified atom stereocenters. The molecule has 24 heavy (non-hydrogen) atoms. The Morgan fingerprint density at radius 1 is 1.08 bits per heavy atom. The average Bonchev–Trinajstić information content (AvgIpc) is 3.18. The maximum absolute atomic E-state index is 11.8. The summed E-state index contributed by atoms with van der Waals surface area (Å²) in [6.45, 7) is 0. The number of primary amides is 2. The molecule has 120 valence electrons. The average molecular weight is 322 g/mol. The van der Waals surface area contributed by atoms with Gasteiger partial charge in [0.05, 0.1) is 17.6 Å². The zero-order valence-corrected chi connectivity index (χ0v) is 12.6. The van der Waals surface area contributed by atoms with Gasteiger partial charge in [-0.3, -0.25) is 14.7 Å². The molecule has 2 heterocycles. The van der Waals surface area contributed by atoms with E-state index in [0.29, 0.717) is 17.7 Å². The molecule has 3 aromatic rings. The minimum atomic E-state index is -0.564. The first-order valence-corrected chi connectivity index (χ1v) is 7.41. The number of aromatic nitrogens is 4. The minimum absolute atomic E-state index is 0.260. The molecule has 1 aliphatic rings. The standard InChI is InChI=1S/C16H14N6O2/c17-15(23)8-1-3-9(4-2-8)22-14-10(13(21-22)16(18)24)5-6-12-11(14)7-19-20-12/h1-4,7H,5-6H2,(H2,17,23)(H2,18,24)(H,19,20). The van der Waals surface area contributed by atoms with E-state index in [9.17, 15) is 9.59 Å². The molecule has 0 saturated carbocycles. The van der Waals surface area contributed by atoms with E-state index in [1.54, 1.807) is 35.1 Å². The highest BCUT2D eigenvalue weighted by Crippen LogP contribution is 2.35. The highest BCUT2D eigenvalue weighted by molar-refractivity contribution is 5.95. The topological polar surface area (TPSA) is 133 Å². The van der Waals surface area contributed by atoms with Crippen molar-refractivity contribution in [3.8, 4) is 16.9 Å². The number of aromatic amines is 1. The number of hydrogen-bond acceptors (Lipinski definition) is 4. The zero-order chi connectivity index (χ0) is 16.8. The summed E-state index contributed by atoms with van der Waals surface area (Å²) in [4.78, 5) is 23.0. The van der Waals surface area contributed by atoms with Crippen LogP contribution in [0.5, 0.6) is 0 Å². The molecule has 0 fully saturated rings. The second kappa shape index (κ2) is 5.05. The molecule has 5 N–H and O–H groups in total. The van der Waals surface area contributed by atoms with Crippen LogP contribution in [0, 0.1) is 0 Å². The summed E-state index contributed by atoms with van der Waals surface area (Å²) >= 11 is 0. The number of carbonyl (C=O) groups is 2. The molecule has 4 rings (SSSR count). The van der Waals surface area contributed by atoms with E-state index < -0.39 is 11.8 Å². The number of aryl methyl sites for hydroxylation is 1. The molecule has 0 spiro atoms. The number of nitrogens with zero attached hydrogens (tertiary/aromatic N) is 3. The zero-order valence-electron chi connectivity index (χ0n) is 12.6. The van der Waals surface area contributed by atoms with Gasteiger partial charge >= 0.3 is 0 Å². The number of nitrogens with one attached hydrogen (secondary N) is 1. The lowest BCUT2D eigenvalue weighted by Gasteiger charge is -2.14. The summed E-state index contributed by atoms with van der Waals surface area (Å²) in [6, 6.07) is 6.70. The predicted octanol–water partition coefficient (Wildman–Crippen LogP) is 0.559. The largest absolute Gasteiger partial charge is 0.366 e. The van der Waals surface area contributed by atoms with E-state index in [1.165, 1.54) is 0 Å². The molecule has 0 radical (unpaired) electrons. The Balaban J connectivity index is 1.94. The fraction of sp³-hybridized carbons (Fsp3) is 0.125. The van der Waals surface area contributed by atoms with Gasteiger partial charge in [-0.1, -0.05) is 0 Å². The van der Waals surface area contributed by atoms with E-state index >= 15 is 0 Å². The van der Waals surface area contributed by atoms with Crippen LogP contribution < -0.4 is 11.5 Å². The lowest BCUT2D eigenvalue weighted by Crippen LogP contribution is -2.15. The maximum atomic E-state index is 11.8. The molecule has 0 aliphatic heterocycles. The van der Waals surface area contributed by atoms with E-state index in [2.05, 4.69) is 15.3 Å². The highest BCUT2D eigenvalue weighted by atomic mass is 16.1. The normalized spacial score (nSPS) is 12.5. The summed E-state index contributed by atoms with van der Waals surface area (Å²) < 4.78 is 1.66. The van der Waals surface area contributed by atoms with Gasteiger partial charge in [-0.2, -0.15) is 10.2 Å². The molecule has 0 bridgehead atoms. The van der Waals surface area contributed by atoms with E-state index in [-0.39, 0.29) is 5.69 Å². The SMILES string of the molecule is NC(=O)c1ccc(-n2nc(C(N)=O)c3c2-c2cn[nH]c2CC3)cc1. The van der Waals surface area contributed by atoms with Crippen molar-refractivity contribution >= 4 is 11.8 Å². The number of nitrogens with two attached hydrogens (primary N) is 2. The number of fused-ring (bicyclic) bond motifs is 3. The van der Waals surface area contributed by atoms with Crippen molar-refractivity contribution in [3.63, 3.8) is 0 Å². The number of H-pyrrole nitrogens is 1. The van der Waals surface area contributed by atoms with Crippen molar-refractivity contribution in [1.82, 2.24) is 20.0 Å². The Labute approximate surface area is 136 Å². The summed E-state index contributed by atoms with van der Waals surface area (Å²) in [7, 11) is 0. The van der Waals surface area contributed by atoms with Gasteiger partial charge in [-0.05, 0) is 37.1 Å². The molecule has 2 aromatic heterocycles. The summed E-state index contributed by atoms with van der Waals surface area (Å²) in [5.74, 6) is -1.07. The van der Waals surface area contributed by atoms with Crippen LogP contribution in [0.15, 0.2) is 30.5 Å². The molecular weight excluding hydrogens is 308 g/mol. The summed E-state index contributed by atoms with van der Waals surface area (Å²) in [5, 5.41) is 11.5. The van der Waals surface area contributed by atoms with Gasteiger partial charge in [-0.15, -0.1) is 0 Å². The van der Waals surface area contributed by atoms with Crippen LogP contribution in [0.25, 0.3) is 16.9 Å². The summed E-state index contributed by atoms with van der Waals surface area (Å²) in [5.41, 5.74) is 15.6. The molecular formula is C16H14N6O2. The number of benzene rings is 1. The van der Waals surface area contributed by atoms with Crippen LogP contribution in [0.1, 0.15) is 32.1 Å². The fourth-order valence-electron chi connectivity index (χ4n) is 3.07. The molecule has 8 heteroatoms. The van der Waals surface area contributed by atoms with Gasteiger partial charge in [-0.25, -0.2) is 4.68 Å². The number of carbonyl (C=O) groups excluding carboxylic acids is 2. The van der Waals surface area contributed by atoms with Crippen LogP contribution in [-0.2, 0) is 12.8 Å². The van der Waals surface area contributed by atoms with Gasteiger partial charge < -0.3 is 11.5 Å². The third-order valence-corrected chi connectivity index (χ3v) is 4.21. The fourth-order valence-corrected chi connectivity index (χ4v) is 3.07. The van der Waals surface area contributed by atoms with E-state index in [4.69, 9.17) is 11.5 Å². The van der Waals surface area contributed by atoms with Crippen LogP contribution in [0.3, 0.4) is 0 Å². The quantitative estimate of drug-likeness (QED) is 0.649. The third-order valence-electron chi connectivity index (χ3n) is 4.21. The maximum Gasteiger partial charge on any atom is 0.269 e. The molecule has 1 aromatic carbocycles. The van der Waals surface area contributed by atoms with E-state index in [1.807, 2.05) is 0 Å². The number of amides is 2. The van der Waals surface area contributed by atoms with Crippen molar-refractivity contribution < 1.29 is 9.59 Å². The van der Waals surface area contributed by atoms with Gasteiger partial charge in [0.15, 0.2) is 5.69 Å². The monoisotopic (exact) mass is 322 g/mol. The number of hydrogen-bond donors (Lipinski definition) is 3. The van der Waals surface area contributed by atoms with Gasteiger partial charge in [0.1, 0.15) is 0 Å². The van der Waals surface area contributed by atoms with Crippen LogP contribution in [0.4, 0.5) is 0 Å². The van der Waals surface area contributed by atoms with Crippen LogP contribution in [0.2, 0.25) is 0 Å². The molecule has 1 aliphatic carbocycles.